The Kier molecular flexibility index (Phi) is 4.03. The average molecular weight is 320 g/mol. The number of hydrogen-bond donors (Lipinski definition) is 2. The summed E-state index contributed by atoms with van der Waals surface area (Å²) >= 11 is 3.12. The Hall–Kier alpha value is -2.06. The molecule has 3 N–H and O–H groups in total. The minimum atomic E-state index is -0.388. The van der Waals surface area contributed by atoms with Crippen LogP contribution in [0.4, 0.5) is 15.8 Å². The Labute approximate surface area is 119 Å². The summed E-state index contributed by atoms with van der Waals surface area (Å²) in [6, 6.07) is 12.2. The fraction of sp³-hybridized carbons (Fsp3) is 0.0714. The van der Waals surface area contributed by atoms with Gasteiger partial charge in [0.1, 0.15) is 5.82 Å². The summed E-state index contributed by atoms with van der Waals surface area (Å²) in [6.45, 7) is 0.550. The maximum atomic E-state index is 13.2. The topological polar surface area (TPSA) is 61.8 Å². The van der Waals surface area contributed by atoms with E-state index in [4.69, 9.17) is 11.0 Å². The summed E-state index contributed by atoms with van der Waals surface area (Å²) < 4.78 is 13.6. The highest BCUT2D eigenvalue weighted by Crippen LogP contribution is 2.26. The Morgan fingerprint density at radius 2 is 1.95 bits per heavy atom. The smallest absolute Gasteiger partial charge is 0.139 e. The van der Waals surface area contributed by atoms with Gasteiger partial charge in [-0.05, 0) is 39.7 Å². The van der Waals surface area contributed by atoms with Crippen LogP contribution in [0.25, 0.3) is 0 Å². The zero-order valence-electron chi connectivity index (χ0n) is 9.95. The number of nitrogens with zero attached hydrogens (tertiary/aromatic N) is 1. The van der Waals surface area contributed by atoms with E-state index in [1.54, 1.807) is 18.2 Å². The molecule has 0 aromatic heterocycles. The predicted molar refractivity (Wildman–Crippen MR) is 77.0 cm³/mol. The Balaban J connectivity index is 2.10. The predicted octanol–water partition coefficient (Wildman–Crippen LogP) is 3.65. The second kappa shape index (κ2) is 5.72. The standard InChI is InChI=1S/C14H11BrFN3/c15-11-5-14(13(18)6-12(11)16)19-8-10-3-1-9(7-17)2-4-10/h1-6,19H,8,18H2. The quantitative estimate of drug-likeness (QED) is 0.849. The van der Waals surface area contributed by atoms with Gasteiger partial charge in [-0.3, -0.25) is 0 Å². The van der Waals surface area contributed by atoms with E-state index in [0.717, 1.165) is 5.56 Å². The summed E-state index contributed by atoms with van der Waals surface area (Å²) in [5.74, 6) is -0.388. The van der Waals surface area contributed by atoms with E-state index in [1.165, 1.54) is 6.07 Å². The maximum absolute atomic E-state index is 13.2. The SMILES string of the molecule is N#Cc1ccc(CNc2cc(Br)c(F)cc2N)cc1. The molecule has 96 valence electrons. The van der Waals surface area contributed by atoms with Crippen LogP contribution < -0.4 is 11.1 Å². The zero-order chi connectivity index (χ0) is 13.8. The van der Waals surface area contributed by atoms with Crippen LogP contribution >= 0.6 is 15.9 Å². The number of anilines is 2. The molecule has 0 fully saturated rings. The minimum Gasteiger partial charge on any atom is -0.397 e. The lowest BCUT2D eigenvalue weighted by Crippen LogP contribution is -2.03. The van der Waals surface area contributed by atoms with Crippen molar-refractivity contribution in [2.45, 2.75) is 6.54 Å². The molecule has 19 heavy (non-hydrogen) atoms. The average Bonchev–Trinajstić information content (AvgIpc) is 2.42. The van der Waals surface area contributed by atoms with E-state index in [9.17, 15) is 4.39 Å². The molecule has 3 nitrogen and oxygen atoms in total. The maximum Gasteiger partial charge on any atom is 0.139 e. The first-order valence-corrected chi connectivity index (χ1v) is 6.37. The molecular weight excluding hydrogens is 309 g/mol. The molecule has 0 bridgehead atoms. The van der Waals surface area contributed by atoms with Crippen molar-refractivity contribution in [2.75, 3.05) is 11.1 Å². The Morgan fingerprint density at radius 3 is 2.58 bits per heavy atom. The molecule has 0 amide bonds. The molecule has 0 saturated carbocycles. The second-order valence-electron chi connectivity index (χ2n) is 4.02. The fourth-order valence-corrected chi connectivity index (χ4v) is 1.95. The van der Waals surface area contributed by atoms with Gasteiger partial charge in [-0.2, -0.15) is 5.26 Å². The van der Waals surface area contributed by atoms with E-state index in [-0.39, 0.29) is 5.82 Å². The summed E-state index contributed by atoms with van der Waals surface area (Å²) in [5.41, 5.74) is 8.39. The number of halogens is 2. The van der Waals surface area contributed by atoms with Crippen LogP contribution in [0.15, 0.2) is 40.9 Å². The van der Waals surface area contributed by atoms with E-state index in [1.807, 2.05) is 12.1 Å². The minimum absolute atomic E-state index is 0.356. The van der Waals surface area contributed by atoms with Gasteiger partial charge in [-0.1, -0.05) is 12.1 Å². The lowest BCUT2D eigenvalue weighted by molar-refractivity contribution is 0.622. The highest BCUT2D eigenvalue weighted by Gasteiger charge is 2.05. The van der Waals surface area contributed by atoms with Crippen molar-refractivity contribution in [3.8, 4) is 6.07 Å². The molecule has 2 rings (SSSR count). The molecule has 0 saturated heterocycles. The normalized spacial score (nSPS) is 9.95. The van der Waals surface area contributed by atoms with Crippen LogP contribution in [0.3, 0.4) is 0 Å². The van der Waals surface area contributed by atoms with Crippen molar-refractivity contribution < 1.29 is 4.39 Å². The second-order valence-corrected chi connectivity index (χ2v) is 4.87. The summed E-state index contributed by atoms with van der Waals surface area (Å²) in [5, 5.41) is 11.8. The molecule has 0 spiro atoms. The largest absolute Gasteiger partial charge is 0.397 e. The molecule has 0 radical (unpaired) electrons. The van der Waals surface area contributed by atoms with Gasteiger partial charge >= 0.3 is 0 Å². The highest BCUT2D eigenvalue weighted by molar-refractivity contribution is 9.10. The third kappa shape index (κ3) is 3.24. The summed E-state index contributed by atoms with van der Waals surface area (Å²) in [4.78, 5) is 0. The van der Waals surface area contributed by atoms with Crippen LogP contribution in [-0.4, -0.2) is 0 Å². The van der Waals surface area contributed by atoms with Crippen LogP contribution in [0.5, 0.6) is 0 Å². The number of nitrogen functional groups attached to an aromatic ring is 1. The van der Waals surface area contributed by atoms with Crippen LogP contribution in [0.1, 0.15) is 11.1 Å². The monoisotopic (exact) mass is 319 g/mol. The van der Waals surface area contributed by atoms with Gasteiger partial charge in [0.15, 0.2) is 0 Å². The number of nitriles is 1. The van der Waals surface area contributed by atoms with Crippen molar-refractivity contribution >= 4 is 27.3 Å². The number of nitrogens with one attached hydrogen (secondary N) is 1. The summed E-state index contributed by atoms with van der Waals surface area (Å²) in [6.07, 6.45) is 0. The van der Waals surface area contributed by atoms with Crippen LogP contribution in [0, 0.1) is 17.1 Å². The Morgan fingerprint density at radius 1 is 1.26 bits per heavy atom. The molecule has 2 aromatic carbocycles. The lowest BCUT2D eigenvalue weighted by Gasteiger charge is -2.10. The zero-order valence-corrected chi connectivity index (χ0v) is 11.5. The molecule has 0 aliphatic carbocycles. The number of hydrogen-bond acceptors (Lipinski definition) is 3. The van der Waals surface area contributed by atoms with Crippen molar-refractivity contribution in [3.05, 3.63) is 57.8 Å². The number of rotatable bonds is 3. The molecular formula is C14H11BrFN3. The molecule has 0 heterocycles. The van der Waals surface area contributed by atoms with Gasteiger partial charge in [0.2, 0.25) is 0 Å². The van der Waals surface area contributed by atoms with Gasteiger partial charge in [-0.15, -0.1) is 0 Å². The van der Waals surface area contributed by atoms with Gasteiger partial charge < -0.3 is 11.1 Å². The molecule has 2 aromatic rings. The van der Waals surface area contributed by atoms with E-state index in [2.05, 4.69) is 27.3 Å². The van der Waals surface area contributed by atoms with Gasteiger partial charge in [0.25, 0.3) is 0 Å². The van der Waals surface area contributed by atoms with Crippen LogP contribution in [-0.2, 0) is 6.54 Å². The van der Waals surface area contributed by atoms with Crippen molar-refractivity contribution in [2.24, 2.45) is 0 Å². The van der Waals surface area contributed by atoms with E-state index in [0.29, 0.717) is 28.0 Å². The molecule has 0 aliphatic heterocycles. The third-order valence-corrected chi connectivity index (χ3v) is 3.27. The molecule has 0 unspecified atom stereocenters. The van der Waals surface area contributed by atoms with Crippen molar-refractivity contribution in [3.63, 3.8) is 0 Å². The number of benzene rings is 2. The van der Waals surface area contributed by atoms with Crippen LogP contribution in [0.2, 0.25) is 0 Å². The first kappa shape index (κ1) is 13.4. The van der Waals surface area contributed by atoms with Gasteiger partial charge in [-0.25, -0.2) is 4.39 Å². The van der Waals surface area contributed by atoms with Gasteiger partial charge in [0, 0.05) is 12.6 Å². The first-order chi connectivity index (χ1) is 9.10. The van der Waals surface area contributed by atoms with Crippen molar-refractivity contribution in [1.82, 2.24) is 0 Å². The highest BCUT2D eigenvalue weighted by atomic mass is 79.9. The van der Waals surface area contributed by atoms with E-state index < -0.39 is 0 Å². The van der Waals surface area contributed by atoms with Crippen molar-refractivity contribution in [1.29, 1.82) is 5.26 Å². The molecule has 5 heteroatoms. The fourth-order valence-electron chi connectivity index (χ4n) is 1.61. The van der Waals surface area contributed by atoms with Gasteiger partial charge in [0.05, 0.1) is 27.5 Å². The number of nitrogens with two attached hydrogens (primary N) is 1. The Bertz CT molecular complexity index is 632. The summed E-state index contributed by atoms with van der Waals surface area (Å²) in [7, 11) is 0. The molecule has 0 aliphatic rings. The third-order valence-electron chi connectivity index (χ3n) is 2.66. The lowest BCUT2D eigenvalue weighted by atomic mass is 10.1. The van der Waals surface area contributed by atoms with E-state index >= 15 is 0 Å². The molecule has 0 atom stereocenters. The first-order valence-electron chi connectivity index (χ1n) is 5.57.